The van der Waals surface area contributed by atoms with Gasteiger partial charge in [-0.3, -0.25) is 0 Å². The Bertz CT molecular complexity index is 1370. The van der Waals surface area contributed by atoms with Gasteiger partial charge in [0, 0.05) is 22.5 Å². The van der Waals surface area contributed by atoms with Gasteiger partial charge in [0.1, 0.15) is 5.82 Å². The van der Waals surface area contributed by atoms with Crippen molar-refractivity contribution >= 4 is 21.8 Å². The first kappa shape index (κ1) is 16.2. The van der Waals surface area contributed by atoms with E-state index in [2.05, 4.69) is 41.8 Å². The summed E-state index contributed by atoms with van der Waals surface area (Å²) in [6.07, 6.45) is 2.00. The van der Waals surface area contributed by atoms with Crippen LogP contribution in [0.5, 0.6) is 0 Å². The van der Waals surface area contributed by atoms with Gasteiger partial charge in [-0.25, -0.2) is 9.97 Å². The van der Waals surface area contributed by atoms with Gasteiger partial charge in [0.05, 0.1) is 22.7 Å². The van der Waals surface area contributed by atoms with Gasteiger partial charge >= 0.3 is 0 Å². The van der Waals surface area contributed by atoms with Gasteiger partial charge < -0.3 is 4.57 Å². The smallest absolute Gasteiger partial charge is 0.162 e. The lowest BCUT2D eigenvalue weighted by molar-refractivity contribution is 1.04. The van der Waals surface area contributed by atoms with E-state index in [1.807, 2.05) is 54.7 Å². The Hall–Kier alpha value is -3.97. The zero-order chi connectivity index (χ0) is 19.1. The molecule has 0 spiro atoms. The first-order valence-corrected chi connectivity index (χ1v) is 9.08. The van der Waals surface area contributed by atoms with E-state index in [4.69, 9.17) is 15.2 Å². The Labute approximate surface area is 162 Å². The zero-order valence-corrected chi connectivity index (χ0v) is 15.3. The van der Waals surface area contributed by atoms with Crippen LogP contribution < -0.4 is 0 Å². The third-order valence-corrected chi connectivity index (χ3v) is 4.94. The molecule has 0 bridgehead atoms. The van der Waals surface area contributed by atoms with Crippen molar-refractivity contribution in [3.05, 3.63) is 90.1 Å². The number of hydrogen-bond donors (Lipinski definition) is 0. The summed E-state index contributed by atoms with van der Waals surface area (Å²) in [7, 11) is 0. The number of para-hydroxylation sites is 1. The molecule has 0 saturated carbocycles. The predicted molar refractivity (Wildman–Crippen MR) is 111 cm³/mol. The summed E-state index contributed by atoms with van der Waals surface area (Å²) in [6, 6.07) is 26.2. The van der Waals surface area contributed by atoms with Gasteiger partial charge in [-0.1, -0.05) is 42.0 Å². The number of nitriles is 1. The van der Waals surface area contributed by atoms with E-state index < -0.39 is 0 Å². The van der Waals surface area contributed by atoms with Crippen molar-refractivity contribution in [3.8, 4) is 23.3 Å². The van der Waals surface area contributed by atoms with E-state index in [-0.39, 0.29) is 0 Å². The third-order valence-electron chi connectivity index (χ3n) is 4.94. The summed E-state index contributed by atoms with van der Waals surface area (Å²) in [4.78, 5) is 9.71. The van der Waals surface area contributed by atoms with Crippen molar-refractivity contribution in [3.63, 3.8) is 0 Å². The first-order valence-electron chi connectivity index (χ1n) is 9.08. The monoisotopic (exact) mass is 360 g/mol. The maximum absolute atomic E-state index is 9.17. The highest BCUT2D eigenvalue weighted by molar-refractivity contribution is 5.91. The standard InChI is InChI=1S/C24H16N4/c1-16-6-9-18(10-7-16)23-26-21-5-3-2-4-20(21)24(27-23)28-13-12-19-14-17(15-25)8-11-22(19)28/h2-14H,1H3. The molecule has 132 valence electrons. The maximum Gasteiger partial charge on any atom is 0.162 e. The average Bonchev–Trinajstić information content (AvgIpc) is 3.16. The Balaban J connectivity index is 1.79. The van der Waals surface area contributed by atoms with Gasteiger partial charge in [-0.2, -0.15) is 5.26 Å². The van der Waals surface area contributed by atoms with Gasteiger partial charge in [0.2, 0.25) is 0 Å². The summed E-state index contributed by atoms with van der Waals surface area (Å²) >= 11 is 0. The number of aromatic nitrogens is 3. The number of nitrogens with zero attached hydrogens (tertiary/aromatic N) is 4. The Kier molecular flexibility index (Phi) is 3.67. The van der Waals surface area contributed by atoms with Crippen molar-refractivity contribution in [2.45, 2.75) is 6.92 Å². The number of fused-ring (bicyclic) bond motifs is 2. The molecular formula is C24H16N4. The minimum atomic E-state index is 0.651. The van der Waals surface area contributed by atoms with Crippen molar-refractivity contribution in [2.24, 2.45) is 0 Å². The fourth-order valence-corrected chi connectivity index (χ4v) is 3.47. The second-order valence-corrected chi connectivity index (χ2v) is 6.83. The highest BCUT2D eigenvalue weighted by Gasteiger charge is 2.13. The van der Waals surface area contributed by atoms with Crippen LogP contribution in [0.3, 0.4) is 0 Å². The summed E-state index contributed by atoms with van der Waals surface area (Å²) in [5.74, 6) is 1.53. The molecule has 0 aliphatic rings. The normalized spacial score (nSPS) is 11.0. The second-order valence-electron chi connectivity index (χ2n) is 6.83. The highest BCUT2D eigenvalue weighted by Crippen LogP contribution is 2.28. The molecule has 2 heterocycles. The molecular weight excluding hydrogens is 344 g/mol. The summed E-state index contributed by atoms with van der Waals surface area (Å²) in [6.45, 7) is 2.07. The molecule has 0 aliphatic carbocycles. The van der Waals surface area contributed by atoms with Crippen molar-refractivity contribution in [1.29, 1.82) is 5.26 Å². The molecule has 0 fully saturated rings. The molecule has 0 saturated heterocycles. The molecule has 4 heteroatoms. The fourth-order valence-electron chi connectivity index (χ4n) is 3.47. The molecule has 2 aromatic heterocycles. The van der Waals surface area contributed by atoms with Crippen LogP contribution in [0.4, 0.5) is 0 Å². The van der Waals surface area contributed by atoms with Crippen LogP contribution in [0, 0.1) is 18.3 Å². The molecule has 0 amide bonds. The molecule has 0 radical (unpaired) electrons. The van der Waals surface area contributed by atoms with Crippen molar-refractivity contribution in [1.82, 2.24) is 14.5 Å². The maximum atomic E-state index is 9.17. The lowest BCUT2D eigenvalue weighted by Gasteiger charge is -2.11. The van der Waals surface area contributed by atoms with Crippen molar-refractivity contribution < 1.29 is 0 Å². The van der Waals surface area contributed by atoms with Gasteiger partial charge in [0.25, 0.3) is 0 Å². The van der Waals surface area contributed by atoms with Crippen molar-refractivity contribution in [2.75, 3.05) is 0 Å². The Morgan fingerprint density at radius 3 is 2.54 bits per heavy atom. The highest BCUT2D eigenvalue weighted by atomic mass is 15.1. The van der Waals surface area contributed by atoms with Crippen LogP contribution in [0.1, 0.15) is 11.1 Å². The summed E-state index contributed by atoms with van der Waals surface area (Å²) in [5, 5.41) is 11.2. The molecule has 28 heavy (non-hydrogen) atoms. The molecule has 3 aromatic carbocycles. The molecule has 5 aromatic rings. The summed E-state index contributed by atoms with van der Waals surface area (Å²) < 4.78 is 2.07. The number of benzene rings is 3. The predicted octanol–water partition coefficient (Wildman–Crippen LogP) is 5.42. The van der Waals surface area contributed by atoms with E-state index in [1.54, 1.807) is 0 Å². The minimum absolute atomic E-state index is 0.651. The number of aryl methyl sites for hydroxylation is 1. The SMILES string of the molecule is Cc1ccc(-c2nc(-n3ccc4cc(C#N)ccc43)c3ccccc3n2)cc1. The first-order chi connectivity index (χ1) is 13.7. The largest absolute Gasteiger partial charge is 0.301 e. The van der Waals surface area contributed by atoms with Gasteiger partial charge in [-0.15, -0.1) is 0 Å². The van der Waals surface area contributed by atoms with Gasteiger partial charge in [-0.05, 0) is 43.3 Å². The van der Waals surface area contributed by atoms with E-state index in [1.165, 1.54) is 5.56 Å². The van der Waals surface area contributed by atoms with E-state index in [9.17, 15) is 0 Å². The van der Waals surface area contributed by atoms with E-state index in [0.717, 1.165) is 33.2 Å². The average molecular weight is 360 g/mol. The Morgan fingerprint density at radius 2 is 1.71 bits per heavy atom. The number of rotatable bonds is 2. The van der Waals surface area contributed by atoms with Crippen LogP contribution in [-0.2, 0) is 0 Å². The number of hydrogen-bond acceptors (Lipinski definition) is 3. The second kappa shape index (κ2) is 6.33. The van der Waals surface area contributed by atoms with Crippen LogP contribution in [0.2, 0.25) is 0 Å². The molecule has 4 nitrogen and oxygen atoms in total. The van der Waals surface area contributed by atoms with Crippen LogP contribution in [0.15, 0.2) is 79.0 Å². The molecule has 0 unspecified atom stereocenters. The van der Waals surface area contributed by atoms with Crippen LogP contribution in [-0.4, -0.2) is 14.5 Å². The summed E-state index contributed by atoms with van der Waals surface area (Å²) in [5.41, 5.74) is 4.75. The topological polar surface area (TPSA) is 54.5 Å². The third kappa shape index (κ3) is 2.62. The quantitative estimate of drug-likeness (QED) is 0.422. The van der Waals surface area contributed by atoms with E-state index >= 15 is 0 Å². The fraction of sp³-hybridized carbons (Fsp3) is 0.0417. The molecule has 5 rings (SSSR count). The molecule has 0 aliphatic heterocycles. The zero-order valence-electron chi connectivity index (χ0n) is 15.3. The molecule has 0 atom stereocenters. The van der Waals surface area contributed by atoms with Crippen LogP contribution >= 0.6 is 0 Å². The van der Waals surface area contributed by atoms with E-state index in [0.29, 0.717) is 11.4 Å². The molecule has 0 N–H and O–H groups in total. The van der Waals surface area contributed by atoms with Gasteiger partial charge in [0.15, 0.2) is 5.82 Å². The Morgan fingerprint density at radius 1 is 0.893 bits per heavy atom. The van der Waals surface area contributed by atoms with Crippen LogP contribution in [0.25, 0.3) is 39.0 Å². The lowest BCUT2D eigenvalue weighted by Crippen LogP contribution is -2.01. The minimum Gasteiger partial charge on any atom is -0.301 e. The lowest BCUT2D eigenvalue weighted by atomic mass is 10.1.